The number of benzene rings is 2. The molecule has 0 saturated carbocycles. The molecule has 0 amide bonds. The molecule has 1 unspecified atom stereocenters. The number of carbonyl (C=O) groups is 1. The molecular weight excluding hydrogens is 316 g/mol. The topological polar surface area (TPSA) is 44.8 Å². The number of esters is 1. The Morgan fingerprint density at radius 3 is 2.44 bits per heavy atom. The van der Waals surface area contributed by atoms with Crippen LogP contribution in [0.3, 0.4) is 0 Å². The van der Waals surface area contributed by atoms with Gasteiger partial charge in [-0.15, -0.1) is 0 Å². The Kier molecular flexibility index (Phi) is 4.46. The van der Waals surface area contributed by atoms with Crippen molar-refractivity contribution >= 4 is 5.97 Å². The molecular formula is C21H24O4. The lowest BCUT2D eigenvalue weighted by Gasteiger charge is -2.24. The number of methoxy groups -OCH3 is 1. The highest BCUT2D eigenvalue weighted by Crippen LogP contribution is 2.48. The predicted octanol–water partition coefficient (Wildman–Crippen LogP) is 4.01. The molecule has 1 atom stereocenters. The normalized spacial score (nSPS) is 18.4. The van der Waals surface area contributed by atoms with Crippen LogP contribution in [0, 0.1) is 20.8 Å². The summed E-state index contributed by atoms with van der Waals surface area (Å²) in [6, 6.07) is 10.0. The van der Waals surface area contributed by atoms with Crippen molar-refractivity contribution in [2.24, 2.45) is 0 Å². The quantitative estimate of drug-likeness (QED) is 0.789. The van der Waals surface area contributed by atoms with Gasteiger partial charge in [-0.25, -0.2) is 0 Å². The van der Waals surface area contributed by atoms with Gasteiger partial charge in [-0.05, 0) is 49.9 Å². The molecule has 0 N–H and O–H groups in total. The van der Waals surface area contributed by atoms with E-state index in [0.717, 1.165) is 39.3 Å². The fourth-order valence-corrected chi connectivity index (χ4v) is 3.56. The first-order valence-corrected chi connectivity index (χ1v) is 8.42. The smallest absolute Gasteiger partial charge is 0.319 e. The fourth-order valence-electron chi connectivity index (χ4n) is 3.56. The monoisotopic (exact) mass is 340 g/mol. The van der Waals surface area contributed by atoms with E-state index in [4.69, 9.17) is 14.2 Å². The summed E-state index contributed by atoms with van der Waals surface area (Å²) in [5, 5.41) is 0. The molecule has 0 fully saturated rings. The Bertz CT molecular complexity index is 811. The van der Waals surface area contributed by atoms with Crippen LogP contribution in [0.4, 0.5) is 0 Å². The van der Waals surface area contributed by atoms with Crippen LogP contribution in [0.1, 0.15) is 34.7 Å². The van der Waals surface area contributed by atoms with Crippen LogP contribution in [0.5, 0.6) is 11.5 Å². The molecule has 2 aromatic carbocycles. The zero-order valence-corrected chi connectivity index (χ0v) is 15.4. The van der Waals surface area contributed by atoms with E-state index in [0.29, 0.717) is 6.61 Å². The van der Waals surface area contributed by atoms with Crippen LogP contribution in [0.2, 0.25) is 0 Å². The van der Waals surface area contributed by atoms with E-state index in [1.807, 2.05) is 58.0 Å². The minimum absolute atomic E-state index is 0.286. The van der Waals surface area contributed by atoms with E-state index >= 15 is 0 Å². The summed E-state index contributed by atoms with van der Waals surface area (Å²) in [6.07, 6.45) is 0. The van der Waals surface area contributed by atoms with Crippen molar-refractivity contribution in [1.29, 1.82) is 0 Å². The first kappa shape index (κ1) is 17.3. The highest BCUT2D eigenvalue weighted by molar-refractivity contribution is 5.87. The first-order chi connectivity index (χ1) is 11.9. The van der Waals surface area contributed by atoms with Gasteiger partial charge in [0.25, 0.3) is 0 Å². The lowest BCUT2D eigenvalue weighted by molar-refractivity contribution is -0.147. The molecule has 4 nitrogen and oxygen atoms in total. The highest BCUT2D eigenvalue weighted by atomic mass is 16.5. The zero-order chi connectivity index (χ0) is 18.2. The molecule has 0 bridgehead atoms. The molecule has 1 aliphatic heterocycles. The zero-order valence-electron chi connectivity index (χ0n) is 15.4. The second kappa shape index (κ2) is 6.43. The summed E-state index contributed by atoms with van der Waals surface area (Å²) in [7, 11) is 1.41. The van der Waals surface area contributed by atoms with Gasteiger partial charge in [0.05, 0.1) is 7.11 Å². The van der Waals surface area contributed by atoms with Gasteiger partial charge in [-0.1, -0.05) is 30.3 Å². The third-order valence-corrected chi connectivity index (χ3v) is 5.11. The van der Waals surface area contributed by atoms with E-state index in [1.54, 1.807) is 0 Å². The van der Waals surface area contributed by atoms with Crippen LogP contribution in [-0.4, -0.2) is 19.7 Å². The van der Waals surface area contributed by atoms with E-state index in [2.05, 4.69) is 0 Å². The van der Waals surface area contributed by atoms with Gasteiger partial charge in [-0.2, -0.15) is 0 Å². The maximum atomic E-state index is 12.4. The van der Waals surface area contributed by atoms with Crippen molar-refractivity contribution in [2.75, 3.05) is 13.7 Å². The van der Waals surface area contributed by atoms with Gasteiger partial charge in [0.2, 0.25) is 0 Å². The third kappa shape index (κ3) is 2.76. The number of hydrogen-bond acceptors (Lipinski definition) is 4. The standard InChI is InChI=1S/C21H24O4/c1-13-14(2)19-17(21(4,12-25-19)20(22)23-5)15(3)18(13)24-11-16-9-7-6-8-10-16/h6-10H,11-12H2,1-5H3. The second-order valence-corrected chi connectivity index (χ2v) is 6.79. The predicted molar refractivity (Wildman–Crippen MR) is 96.3 cm³/mol. The highest BCUT2D eigenvalue weighted by Gasteiger charge is 2.47. The summed E-state index contributed by atoms with van der Waals surface area (Å²) in [5.41, 5.74) is 4.17. The average molecular weight is 340 g/mol. The van der Waals surface area contributed by atoms with Gasteiger partial charge in [-0.3, -0.25) is 4.79 Å². The Balaban J connectivity index is 2.05. The van der Waals surface area contributed by atoms with Gasteiger partial charge >= 0.3 is 5.97 Å². The Hall–Kier alpha value is -2.49. The first-order valence-electron chi connectivity index (χ1n) is 8.42. The molecule has 0 aromatic heterocycles. The second-order valence-electron chi connectivity index (χ2n) is 6.79. The van der Waals surface area contributed by atoms with Crippen molar-refractivity contribution in [1.82, 2.24) is 0 Å². The number of hydrogen-bond donors (Lipinski definition) is 0. The summed E-state index contributed by atoms with van der Waals surface area (Å²) in [6.45, 7) is 8.66. The molecule has 3 rings (SSSR count). The summed E-state index contributed by atoms with van der Waals surface area (Å²) in [5.74, 6) is 1.32. The van der Waals surface area contributed by atoms with Gasteiger partial charge in [0, 0.05) is 5.56 Å². The molecule has 1 aliphatic rings. The molecule has 2 aromatic rings. The molecule has 132 valence electrons. The Morgan fingerprint density at radius 2 is 1.80 bits per heavy atom. The Morgan fingerprint density at radius 1 is 1.12 bits per heavy atom. The van der Waals surface area contributed by atoms with E-state index in [1.165, 1.54) is 7.11 Å². The molecule has 1 heterocycles. The Labute approximate surface area is 148 Å². The SMILES string of the molecule is COC(=O)C1(C)COc2c(C)c(C)c(OCc3ccccc3)c(C)c21. The summed E-state index contributed by atoms with van der Waals surface area (Å²) < 4.78 is 17.1. The number of fused-ring (bicyclic) bond motifs is 1. The van der Waals surface area contributed by atoms with Crippen LogP contribution >= 0.6 is 0 Å². The number of rotatable bonds is 4. The van der Waals surface area contributed by atoms with Crippen molar-refractivity contribution in [3.8, 4) is 11.5 Å². The minimum atomic E-state index is -0.808. The van der Waals surface area contributed by atoms with Crippen LogP contribution in [-0.2, 0) is 21.6 Å². The molecule has 0 saturated heterocycles. The maximum absolute atomic E-state index is 12.4. The van der Waals surface area contributed by atoms with Crippen molar-refractivity contribution < 1.29 is 19.0 Å². The molecule has 4 heteroatoms. The van der Waals surface area contributed by atoms with E-state index in [-0.39, 0.29) is 12.6 Å². The maximum Gasteiger partial charge on any atom is 0.319 e. The van der Waals surface area contributed by atoms with Crippen molar-refractivity contribution in [2.45, 2.75) is 39.7 Å². The van der Waals surface area contributed by atoms with Crippen molar-refractivity contribution in [3.05, 3.63) is 58.1 Å². The summed E-state index contributed by atoms with van der Waals surface area (Å²) >= 11 is 0. The molecule has 0 spiro atoms. The fraction of sp³-hybridized carbons (Fsp3) is 0.381. The number of carbonyl (C=O) groups excluding carboxylic acids is 1. The lowest BCUT2D eigenvalue weighted by Crippen LogP contribution is -2.35. The van der Waals surface area contributed by atoms with E-state index in [9.17, 15) is 4.79 Å². The van der Waals surface area contributed by atoms with Crippen LogP contribution in [0.15, 0.2) is 30.3 Å². The van der Waals surface area contributed by atoms with E-state index < -0.39 is 5.41 Å². The largest absolute Gasteiger partial charge is 0.491 e. The van der Waals surface area contributed by atoms with Gasteiger partial charge in [0.15, 0.2) is 0 Å². The molecule has 0 radical (unpaired) electrons. The summed E-state index contributed by atoms with van der Waals surface area (Å²) in [4.78, 5) is 12.4. The number of ether oxygens (including phenoxy) is 3. The van der Waals surface area contributed by atoms with Crippen molar-refractivity contribution in [3.63, 3.8) is 0 Å². The lowest BCUT2D eigenvalue weighted by atomic mass is 9.80. The van der Waals surface area contributed by atoms with Crippen LogP contribution in [0.25, 0.3) is 0 Å². The molecule has 0 aliphatic carbocycles. The van der Waals surface area contributed by atoms with Gasteiger partial charge < -0.3 is 14.2 Å². The third-order valence-electron chi connectivity index (χ3n) is 5.11. The molecule has 25 heavy (non-hydrogen) atoms. The average Bonchev–Trinajstić information content (AvgIpc) is 2.99. The van der Waals surface area contributed by atoms with Gasteiger partial charge in [0.1, 0.15) is 30.1 Å². The minimum Gasteiger partial charge on any atom is -0.491 e. The van der Waals surface area contributed by atoms with Crippen LogP contribution < -0.4 is 9.47 Å².